The third kappa shape index (κ3) is 2.70. The summed E-state index contributed by atoms with van der Waals surface area (Å²) in [6.07, 6.45) is 2.41. The van der Waals surface area contributed by atoms with E-state index in [-0.39, 0.29) is 5.56 Å². The van der Waals surface area contributed by atoms with Gasteiger partial charge in [0.25, 0.3) is 5.56 Å². The summed E-state index contributed by atoms with van der Waals surface area (Å²) in [6.45, 7) is 2.81. The fourth-order valence-corrected chi connectivity index (χ4v) is 3.30. The minimum atomic E-state index is -0.0230. The van der Waals surface area contributed by atoms with Gasteiger partial charge in [0, 0.05) is 12.6 Å². The Balaban J connectivity index is 1.78. The lowest BCUT2D eigenvalue weighted by atomic mass is 10.1. The van der Waals surface area contributed by atoms with Gasteiger partial charge in [0.15, 0.2) is 0 Å². The predicted octanol–water partition coefficient (Wildman–Crippen LogP) is 1.17. The lowest BCUT2D eigenvalue weighted by Crippen LogP contribution is -2.44. The van der Waals surface area contributed by atoms with Crippen LogP contribution < -0.4 is 10.9 Å². The second-order valence-electron chi connectivity index (χ2n) is 5.06. The van der Waals surface area contributed by atoms with Gasteiger partial charge >= 0.3 is 0 Å². The Hall–Kier alpha value is -1.24. The number of hydrogen-bond donors (Lipinski definition) is 2. The predicted molar refractivity (Wildman–Crippen MR) is 77.6 cm³/mol. The summed E-state index contributed by atoms with van der Waals surface area (Å²) in [5.74, 6) is 0.754. The smallest absolute Gasteiger partial charge is 0.268 e. The van der Waals surface area contributed by atoms with E-state index in [2.05, 4.69) is 27.2 Å². The molecule has 0 bridgehead atoms. The molecule has 1 fully saturated rings. The standard InChI is InChI=1S/C13H18N4OS/c1-17(9-3-2-5-14-7-9)8-11-15-10-4-6-19-12(10)13(18)16-11/h4,6,9,14H,2-3,5,7-8H2,1H3,(H,15,16,18). The van der Waals surface area contributed by atoms with Crippen molar-refractivity contribution in [1.82, 2.24) is 20.2 Å². The zero-order valence-electron chi connectivity index (χ0n) is 11.0. The highest BCUT2D eigenvalue weighted by molar-refractivity contribution is 7.17. The van der Waals surface area contributed by atoms with Crippen molar-refractivity contribution in [3.63, 3.8) is 0 Å². The molecular weight excluding hydrogens is 260 g/mol. The fourth-order valence-electron chi connectivity index (χ4n) is 2.57. The van der Waals surface area contributed by atoms with Crippen molar-refractivity contribution in [2.24, 2.45) is 0 Å². The second-order valence-corrected chi connectivity index (χ2v) is 5.98. The average molecular weight is 278 g/mol. The number of thiophene rings is 1. The van der Waals surface area contributed by atoms with Crippen molar-refractivity contribution in [3.05, 3.63) is 27.6 Å². The lowest BCUT2D eigenvalue weighted by Gasteiger charge is -2.31. The number of nitrogens with zero attached hydrogens (tertiary/aromatic N) is 2. The number of H-pyrrole nitrogens is 1. The first-order valence-electron chi connectivity index (χ1n) is 6.61. The average Bonchev–Trinajstić information content (AvgIpc) is 2.88. The molecule has 3 rings (SSSR count). The van der Waals surface area contributed by atoms with Crippen LogP contribution in [0.3, 0.4) is 0 Å². The summed E-state index contributed by atoms with van der Waals surface area (Å²) in [7, 11) is 2.09. The molecule has 0 aromatic carbocycles. The van der Waals surface area contributed by atoms with Crippen LogP contribution in [0.1, 0.15) is 18.7 Å². The SMILES string of the molecule is CN(Cc1nc2ccsc2c(=O)[nH]1)C1CCCNC1. The van der Waals surface area contributed by atoms with Crippen LogP contribution in [-0.4, -0.2) is 41.0 Å². The molecule has 5 nitrogen and oxygen atoms in total. The Morgan fingerprint density at radius 3 is 3.26 bits per heavy atom. The van der Waals surface area contributed by atoms with E-state index in [0.29, 0.717) is 17.3 Å². The first-order valence-corrected chi connectivity index (χ1v) is 7.49. The highest BCUT2D eigenvalue weighted by atomic mass is 32.1. The van der Waals surface area contributed by atoms with E-state index >= 15 is 0 Å². The van der Waals surface area contributed by atoms with E-state index in [1.165, 1.54) is 24.2 Å². The Morgan fingerprint density at radius 1 is 1.58 bits per heavy atom. The van der Waals surface area contributed by atoms with E-state index in [4.69, 9.17) is 0 Å². The van der Waals surface area contributed by atoms with Gasteiger partial charge in [0.2, 0.25) is 0 Å². The van der Waals surface area contributed by atoms with Crippen molar-refractivity contribution in [1.29, 1.82) is 0 Å². The van der Waals surface area contributed by atoms with Gasteiger partial charge in [-0.3, -0.25) is 9.69 Å². The first kappa shape index (κ1) is 12.8. The van der Waals surface area contributed by atoms with E-state index in [9.17, 15) is 4.79 Å². The van der Waals surface area contributed by atoms with E-state index in [1.807, 2.05) is 11.4 Å². The van der Waals surface area contributed by atoms with Gasteiger partial charge < -0.3 is 10.3 Å². The minimum absolute atomic E-state index is 0.0230. The molecular formula is C13H18N4OS. The quantitative estimate of drug-likeness (QED) is 0.885. The van der Waals surface area contributed by atoms with Crippen molar-refractivity contribution in [2.75, 3.05) is 20.1 Å². The summed E-state index contributed by atoms with van der Waals surface area (Å²) in [5, 5.41) is 5.31. The number of rotatable bonds is 3. The van der Waals surface area contributed by atoms with Gasteiger partial charge in [-0.2, -0.15) is 0 Å². The second kappa shape index (κ2) is 5.40. The van der Waals surface area contributed by atoms with Crippen LogP contribution in [0.25, 0.3) is 10.2 Å². The zero-order valence-corrected chi connectivity index (χ0v) is 11.8. The maximum absolute atomic E-state index is 11.9. The molecule has 19 heavy (non-hydrogen) atoms. The van der Waals surface area contributed by atoms with Crippen molar-refractivity contribution in [3.8, 4) is 0 Å². The number of nitrogens with one attached hydrogen (secondary N) is 2. The molecule has 1 atom stereocenters. The van der Waals surface area contributed by atoms with Crippen LogP contribution >= 0.6 is 11.3 Å². The molecule has 1 aliphatic heterocycles. The summed E-state index contributed by atoms with van der Waals surface area (Å²) >= 11 is 1.44. The minimum Gasteiger partial charge on any atom is -0.315 e. The highest BCUT2D eigenvalue weighted by Gasteiger charge is 2.18. The normalized spacial score (nSPS) is 20.2. The number of aromatic amines is 1. The summed E-state index contributed by atoms with van der Waals surface area (Å²) in [4.78, 5) is 21.6. The van der Waals surface area contributed by atoms with Crippen LogP contribution in [0.2, 0.25) is 0 Å². The summed E-state index contributed by atoms with van der Waals surface area (Å²) < 4.78 is 0.714. The molecule has 102 valence electrons. The van der Waals surface area contributed by atoms with E-state index < -0.39 is 0 Å². The van der Waals surface area contributed by atoms with Crippen molar-refractivity contribution < 1.29 is 0 Å². The third-order valence-electron chi connectivity index (χ3n) is 3.66. The number of piperidine rings is 1. The van der Waals surface area contributed by atoms with E-state index in [0.717, 1.165) is 24.4 Å². The number of fused-ring (bicyclic) bond motifs is 1. The third-order valence-corrected chi connectivity index (χ3v) is 4.56. The molecule has 2 aromatic rings. The van der Waals surface area contributed by atoms with E-state index in [1.54, 1.807) is 0 Å². The monoisotopic (exact) mass is 278 g/mol. The van der Waals surface area contributed by atoms with Gasteiger partial charge in [0.05, 0.1) is 12.1 Å². The number of aromatic nitrogens is 2. The molecule has 2 aromatic heterocycles. The van der Waals surface area contributed by atoms with Crippen LogP contribution in [0.15, 0.2) is 16.2 Å². The maximum atomic E-state index is 11.9. The van der Waals surface area contributed by atoms with Gasteiger partial charge in [-0.15, -0.1) is 11.3 Å². The van der Waals surface area contributed by atoms with Crippen molar-refractivity contribution in [2.45, 2.75) is 25.4 Å². The molecule has 3 heterocycles. The Labute approximate surface area is 115 Å². The Morgan fingerprint density at radius 2 is 2.47 bits per heavy atom. The number of hydrogen-bond acceptors (Lipinski definition) is 5. The largest absolute Gasteiger partial charge is 0.315 e. The molecule has 0 radical (unpaired) electrons. The van der Waals surface area contributed by atoms with Crippen LogP contribution in [0.5, 0.6) is 0 Å². The molecule has 0 aliphatic carbocycles. The molecule has 6 heteroatoms. The molecule has 1 unspecified atom stereocenters. The summed E-state index contributed by atoms with van der Waals surface area (Å²) in [5.41, 5.74) is 0.782. The highest BCUT2D eigenvalue weighted by Crippen LogP contribution is 2.15. The van der Waals surface area contributed by atoms with Crippen LogP contribution in [0, 0.1) is 0 Å². The van der Waals surface area contributed by atoms with Crippen molar-refractivity contribution >= 4 is 21.6 Å². The maximum Gasteiger partial charge on any atom is 0.268 e. The molecule has 1 saturated heterocycles. The van der Waals surface area contributed by atoms with Gasteiger partial charge in [-0.25, -0.2) is 4.98 Å². The molecule has 0 spiro atoms. The van der Waals surface area contributed by atoms with Gasteiger partial charge in [-0.1, -0.05) is 0 Å². The van der Waals surface area contributed by atoms with Gasteiger partial charge in [0.1, 0.15) is 10.5 Å². The molecule has 1 aliphatic rings. The Kier molecular flexibility index (Phi) is 3.63. The van der Waals surface area contributed by atoms with Crippen LogP contribution in [0.4, 0.5) is 0 Å². The zero-order chi connectivity index (χ0) is 13.2. The molecule has 2 N–H and O–H groups in total. The topological polar surface area (TPSA) is 61.0 Å². The van der Waals surface area contributed by atoms with Crippen LogP contribution in [-0.2, 0) is 6.54 Å². The van der Waals surface area contributed by atoms with Gasteiger partial charge in [-0.05, 0) is 37.9 Å². The molecule has 0 amide bonds. The Bertz CT molecular complexity index is 614. The molecule has 0 saturated carbocycles. The fraction of sp³-hybridized carbons (Fsp3) is 0.538. The lowest BCUT2D eigenvalue weighted by molar-refractivity contribution is 0.192. The first-order chi connectivity index (χ1) is 9.24. The number of likely N-dealkylation sites (N-methyl/N-ethyl adjacent to an activating group) is 1. The summed E-state index contributed by atoms with van der Waals surface area (Å²) in [6, 6.07) is 2.43.